The molecule has 1 saturated carbocycles. The normalized spacial score (nSPS) is 23.3. The molecule has 0 saturated heterocycles. The van der Waals surface area contributed by atoms with Gasteiger partial charge in [0.2, 0.25) is 0 Å². The summed E-state index contributed by atoms with van der Waals surface area (Å²) in [5, 5.41) is 0.791. The van der Waals surface area contributed by atoms with Gasteiger partial charge in [-0.15, -0.1) is 0 Å². The van der Waals surface area contributed by atoms with E-state index < -0.39 is 0 Å². The zero-order valence-electron chi connectivity index (χ0n) is 12.7. The number of nitrogens with one attached hydrogen (secondary N) is 1. The first-order valence-electron chi connectivity index (χ1n) is 7.67. The van der Waals surface area contributed by atoms with Crippen LogP contribution in [-0.2, 0) is 0 Å². The van der Waals surface area contributed by atoms with Crippen LogP contribution in [0.3, 0.4) is 0 Å². The zero-order chi connectivity index (χ0) is 15.0. The molecule has 1 heterocycles. The lowest BCUT2D eigenvalue weighted by atomic mass is 9.65. The highest BCUT2D eigenvalue weighted by atomic mass is 19.1. The van der Waals surface area contributed by atoms with Crippen LogP contribution in [0.5, 0.6) is 0 Å². The molecule has 1 aromatic carbocycles. The van der Waals surface area contributed by atoms with Crippen LogP contribution in [0.15, 0.2) is 28.7 Å². The van der Waals surface area contributed by atoms with Crippen LogP contribution in [0.1, 0.15) is 51.3 Å². The van der Waals surface area contributed by atoms with Crippen molar-refractivity contribution in [3.8, 4) is 0 Å². The second-order valence-corrected chi connectivity index (χ2v) is 6.79. The molecule has 0 radical (unpaired) electrons. The predicted octanol–water partition coefficient (Wildman–Crippen LogP) is 4.29. The number of hydrogen-bond donors (Lipinski definition) is 2. The molecular weight excluding hydrogens is 267 g/mol. The molecule has 1 aliphatic rings. The second-order valence-electron chi connectivity index (χ2n) is 6.79. The molecule has 3 nitrogen and oxygen atoms in total. The van der Waals surface area contributed by atoms with Crippen LogP contribution < -0.4 is 11.3 Å². The van der Waals surface area contributed by atoms with E-state index in [1.807, 2.05) is 12.1 Å². The van der Waals surface area contributed by atoms with Gasteiger partial charge in [-0.25, -0.2) is 9.82 Å². The number of hydrogen-bond acceptors (Lipinski definition) is 3. The summed E-state index contributed by atoms with van der Waals surface area (Å²) in [5.74, 6) is 6.61. The van der Waals surface area contributed by atoms with E-state index in [1.54, 1.807) is 6.07 Å². The summed E-state index contributed by atoms with van der Waals surface area (Å²) in [7, 11) is 0. The topological polar surface area (TPSA) is 51.2 Å². The van der Waals surface area contributed by atoms with Crippen LogP contribution >= 0.6 is 0 Å². The summed E-state index contributed by atoms with van der Waals surface area (Å²) in [6, 6.07) is 6.82. The lowest BCUT2D eigenvalue weighted by Crippen LogP contribution is -2.41. The molecule has 1 aromatic heterocycles. The zero-order valence-corrected chi connectivity index (χ0v) is 12.7. The van der Waals surface area contributed by atoms with E-state index >= 15 is 0 Å². The Balaban J connectivity index is 1.99. The molecule has 3 rings (SSSR count). The minimum atomic E-state index is -0.322. The van der Waals surface area contributed by atoms with Crippen molar-refractivity contribution in [3.63, 3.8) is 0 Å². The number of furan rings is 1. The molecule has 3 N–H and O–H groups in total. The van der Waals surface area contributed by atoms with Gasteiger partial charge in [-0.1, -0.05) is 38.8 Å². The van der Waals surface area contributed by atoms with Gasteiger partial charge in [0.25, 0.3) is 0 Å². The molecule has 0 amide bonds. The molecule has 114 valence electrons. The molecule has 1 aliphatic carbocycles. The van der Waals surface area contributed by atoms with Gasteiger partial charge in [-0.05, 0) is 36.3 Å². The fourth-order valence-electron chi connectivity index (χ4n) is 3.74. The summed E-state index contributed by atoms with van der Waals surface area (Å²) < 4.78 is 19.6. The van der Waals surface area contributed by atoms with Crippen molar-refractivity contribution in [3.05, 3.63) is 35.8 Å². The fraction of sp³-hybridized carbons (Fsp3) is 0.529. The molecule has 4 heteroatoms. The number of hydrazine groups is 1. The summed E-state index contributed by atoms with van der Waals surface area (Å²) >= 11 is 0. The predicted molar refractivity (Wildman–Crippen MR) is 82.0 cm³/mol. The van der Waals surface area contributed by atoms with Crippen LogP contribution in [0.2, 0.25) is 0 Å². The van der Waals surface area contributed by atoms with E-state index in [9.17, 15) is 4.39 Å². The highest BCUT2D eigenvalue weighted by Crippen LogP contribution is 2.47. The monoisotopic (exact) mass is 290 g/mol. The maximum absolute atomic E-state index is 13.8. The minimum absolute atomic E-state index is 0.0768. The van der Waals surface area contributed by atoms with E-state index in [0.29, 0.717) is 11.5 Å². The molecule has 1 fully saturated rings. The highest BCUT2D eigenvalue weighted by molar-refractivity contribution is 5.78. The average Bonchev–Trinajstić information content (AvgIpc) is 2.86. The summed E-state index contributed by atoms with van der Waals surface area (Å²) in [5.41, 5.74) is 3.43. The van der Waals surface area contributed by atoms with Crippen LogP contribution in [0.4, 0.5) is 4.39 Å². The maximum atomic E-state index is 13.8. The van der Waals surface area contributed by atoms with Crippen molar-refractivity contribution in [1.82, 2.24) is 5.43 Å². The van der Waals surface area contributed by atoms with Gasteiger partial charge in [0.05, 0.1) is 6.04 Å². The van der Waals surface area contributed by atoms with Gasteiger partial charge in [-0.3, -0.25) is 5.84 Å². The number of fused-ring (bicyclic) bond motifs is 1. The van der Waals surface area contributed by atoms with Gasteiger partial charge in [-0.2, -0.15) is 0 Å². The molecule has 21 heavy (non-hydrogen) atoms. The smallest absolute Gasteiger partial charge is 0.169 e. The number of benzene rings is 1. The second kappa shape index (κ2) is 5.43. The first kappa shape index (κ1) is 14.5. The van der Waals surface area contributed by atoms with Gasteiger partial charge >= 0.3 is 0 Å². The molecule has 0 bridgehead atoms. The van der Waals surface area contributed by atoms with Crippen molar-refractivity contribution in [1.29, 1.82) is 0 Å². The Morgan fingerprint density at radius 2 is 2.19 bits per heavy atom. The van der Waals surface area contributed by atoms with Crippen LogP contribution in [0, 0.1) is 17.2 Å². The van der Waals surface area contributed by atoms with Crippen LogP contribution in [0.25, 0.3) is 11.0 Å². The fourth-order valence-corrected chi connectivity index (χ4v) is 3.74. The molecule has 2 atom stereocenters. The Hall–Kier alpha value is -1.39. The van der Waals surface area contributed by atoms with Crippen molar-refractivity contribution in [2.45, 2.75) is 45.6 Å². The van der Waals surface area contributed by atoms with Crippen molar-refractivity contribution in [2.24, 2.45) is 17.2 Å². The first-order valence-corrected chi connectivity index (χ1v) is 7.67. The van der Waals surface area contributed by atoms with Gasteiger partial charge in [0.1, 0.15) is 5.76 Å². The molecule has 0 spiro atoms. The van der Waals surface area contributed by atoms with E-state index in [1.165, 1.54) is 25.3 Å². The summed E-state index contributed by atoms with van der Waals surface area (Å²) in [4.78, 5) is 0. The van der Waals surface area contributed by atoms with E-state index in [0.717, 1.165) is 17.6 Å². The maximum Gasteiger partial charge on any atom is 0.169 e. The quantitative estimate of drug-likeness (QED) is 0.655. The third-order valence-electron chi connectivity index (χ3n) is 4.99. The SMILES string of the molecule is CC1(C)CCCCC1C(NN)c1cc2cccc(F)c2o1. The van der Waals surface area contributed by atoms with Gasteiger partial charge in [0.15, 0.2) is 11.4 Å². The molecule has 2 aromatic rings. The summed E-state index contributed by atoms with van der Waals surface area (Å²) in [6.07, 6.45) is 4.77. The molecule has 2 unspecified atom stereocenters. The van der Waals surface area contributed by atoms with Crippen molar-refractivity contribution in [2.75, 3.05) is 0 Å². The standard InChI is InChI=1S/C17H23FN2O/c1-17(2)9-4-3-7-12(17)15(20-19)14-10-11-6-5-8-13(18)16(11)21-14/h5-6,8,10,12,15,20H,3-4,7,9,19H2,1-2H3. The molecule has 0 aliphatic heterocycles. The first-order chi connectivity index (χ1) is 10.0. The van der Waals surface area contributed by atoms with Crippen molar-refractivity contribution >= 4 is 11.0 Å². The Morgan fingerprint density at radius 1 is 1.38 bits per heavy atom. The van der Waals surface area contributed by atoms with Crippen molar-refractivity contribution < 1.29 is 8.81 Å². The lowest BCUT2D eigenvalue weighted by molar-refractivity contribution is 0.0900. The molecular formula is C17H23FN2O. The largest absolute Gasteiger partial charge is 0.456 e. The number of halogens is 1. The van der Waals surface area contributed by atoms with E-state index in [-0.39, 0.29) is 17.3 Å². The minimum Gasteiger partial charge on any atom is -0.456 e. The third-order valence-corrected chi connectivity index (χ3v) is 4.99. The number of para-hydroxylation sites is 1. The Kier molecular flexibility index (Phi) is 3.76. The third kappa shape index (κ3) is 2.58. The van der Waals surface area contributed by atoms with E-state index in [2.05, 4.69) is 19.3 Å². The highest BCUT2D eigenvalue weighted by Gasteiger charge is 2.39. The summed E-state index contributed by atoms with van der Waals surface area (Å²) in [6.45, 7) is 4.56. The van der Waals surface area contributed by atoms with E-state index in [4.69, 9.17) is 10.3 Å². The Bertz CT molecular complexity index is 635. The average molecular weight is 290 g/mol. The lowest BCUT2D eigenvalue weighted by Gasteiger charge is -2.42. The van der Waals surface area contributed by atoms with Gasteiger partial charge in [0, 0.05) is 5.39 Å². The number of rotatable bonds is 3. The Morgan fingerprint density at radius 3 is 2.86 bits per heavy atom. The van der Waals surface area contributed by atoms with Crippen LogP contribution in [-0.4, -0.2) is 0 Å². The number of nitrogens with two attached hydrogens (primary N) is 1. The Labute approximate surface area is 124 Å². The van der Waals surface area contributed by atoms with Gasteiger partial charge < -0.3 is 4.42 Å².